The summed E-state index contributed by atoms with van der Waals surface area (Å²) in [7, 11) is 0. The van der Waals surface area contributed by atoms with E-state index >= 15 is 0 Å². The van der Waals surface area contributed by atoms with Crippen LogP contribution in [0, 0.1) is 13.8 Å². The third-order valence-electron chi connectivity index (χ3n) is 7.68. The number of carbonyl (C=O) groups excluding carboxylic acids is 2. The van der Waals surface area contributed by atoms with Crippen LogP contribution in [-0.4, -0.2) is 24.0 Å². The van der Waals surface area contributed by atoms with Crippen molar-refractivity contribution in [1.29, 1.82) is 0 Å². The van der Waals surface area contributed by atoms with Crippen LogP contribution in [0.5, 0.6) is 5.75 Å². The maximum absolute atomic E-state index is 11.7. The fourth-order valence-electron chi connectivity index (χ4n) is 5.46. The minimum absolute atomic E-state index is 0.208. The minimum atomic E-state index is -0.968. The zero-order valence-corrected chi connectivity index (χ0v) is 24.9. The Morgan fingerprint density at radius 2 is 1.29 bits per heavy atom. The van der Waals surface area contributed by atoms with Gasteiger partial charge in [0.2, 0.25) is 0 Å². The second kappa shape index (κ2) is 14.2. The smallest absolute Gasteiger partial charge is 0.335 e. The van der Waals surface area contributed by atoms with Crippen molar-refractivity contribution in [2.24, 2.45) is 0 Å². The molecule has 2 unspecified atom stereocenters. The summed E-state index contributed by atoms with van der Waals surface area (Å²) in [5.74, 6) is -0.331. The van der Waals surface area contributed by atoms with E-state index in [-0.39, 0.29) is 12.2 Å². The van der Waals surface area contributed by atoms with Crippen LogP contribution in [-0.2, 0) is 25.7 Å². The fourth-order valence-corrected chi connectivity index (χ4v) is 5.46. The summed E-state index contributed by atoms with van der Waals surface area (Å²) >= 11 is 0. The molecule has 5 rings (SSSR count). The Labute approximate surface area is 261 Å². The third-order valence-corrected chi connectivity index (χ3v) is 7.68. The molecule has 0 radical (unpaired) electrons. The number of carbonyl (C=O) groups is 3. The number of rotatable bonds is 13. The molecule has 0 aromatic heterocycles. The SMILES string of the molecule is Cc1cc(C(=O)O)ccc1-c1cc(OCc2ccc(C(OC=O)c3ccccc3)c(C(OC=O)c3ccccc3)c2)ccc1C. The van der Waals surface area contributed by atoms with E-state index in [0.717, 1.165) is 38.9 Å². The molecule has 0 heterocycles. The van der Waals surface area contributed by atoms with Gasteiger partial charge in [-0.2, -0.15) is 0 Å². The summed E-state index contributed by atoms with van der Waals surface area (Å²) in [6.45, 7) is 4.93. The monoisotopic (exact) mass is 600 g/mol. The highest BCUT2D eigenvalue weighted by Gasteiger charge is 2.26. The molecule has 5 aromatic carbocycles. The number of hydrogen-bond donors (Lipinski definition) is 1. The van der Waals surface area contributed by atoms with Gasteiger partial charge >= 0.3 is 5.97 Å². The molecule has 0 aliphatic carbocycles. The summed E-state index contributed by atoms with van der Waals surface area (Å²) in [5, 5.41) is 9.36. The number of benzene rings is 5. The van der Waals surface area contributed by atoms with Gasteiger partial charge < -0.3 is 19.3 Å². The minimum Gasteiger partial charge on any atom is -0.489 e. The molecular weight excluding hydrogens is 568 g/mol. The normalized spacial score (nSPS) is 12.0. The van der Waals surface area contributed by atoms with Gasteiger partial charge in [0.15, 0.2) is 12.2 Å². The number of hydrogen-bond acceptors (Lipinski definition) is 6. The number of ether oxygens (including phenoxy) is 3. The highest BCUT2D eigenvalue weighted by molar-refractivity contribution is 5.89. The second-order valence-electron chi connectivity index (χ2n) is 10.6. The Hall–Kier alpha value is -5.69. The van der Waals surface area contributed by atoms with Crippen molar-refractivity contribution >= 4 is 18.9 Å². The first kappa shape index (κ1) is 30.8. The van der Waals surface area contributed by atoms with E-state index in [1.165, 1.54) is 0 Å². The molecule has 1 N–H and O–H groups in total. The van der Waals surface area contributed by atoms with Gasteiger partial charge in [-0.3, -0.25) is 9.59 Å². The maximum atomic E-state index is 11.7. The molecule has 0 fully saturated rings. The van der Waals surface area contributed by atoms with E-state index in [4.69, 9.17) is 14.2 Å². The quantitative estimate of drug-likeness (QED) is 0.138. The topological polar surface area (TPSA) is 99.1 Å². The van der Waals surface area contributed by atoms with E-state index in [0.29, 0.717) is 29.8 Å². The standard InChI is InChI=1S/C38H32O7/c1-25-13-16-31(21-34(25)32-18-15-30(38(41)42)19-26(32)2)43-22-27-14-17-33(36(44-23-39)28-9-5-3-6-10-28)35(20-27)37(45-24-40)29-11-7-4-8-12-29/h3-21,23-24,36-37H,22H2,1-2H3,(H,41,42). The van der Waals surface area contributed by atoms with Crippen LogP contribution in [0.4, 0.5) is 0 Å². The number of carboxylic acids is 1. The van der Waals surface area contributed by atoms with Crippen LogP contribution in [0.15, 0.2) is 115 Å². The Morgan fingerprint density at radius 1 is 0.667 bits per heavy atom. The molecule has 0 aliphatic rings. The molecule has 7 heteroatoms. The Balaban J connectivity index is 1.51. The zero-order chi connectivity index (χ0) is 31.8. The lowest BCUT2D eigenvalue weighted by atomic mass is 9.89. The number of aromatic carboxylic acids is 1. The summed E-state index contributed by atoms with van der Waals surface area (Å²) < 4.78 is 17.5. The van der Waals surface area contributed by atoms with Crippen LogP contribution < -0.4 is 4.74 Å². The van der Waals surface area contributed by atoms with Gasteiger partial charge in [-0.05, 0) is 83.1 Å². The molecule has 226 valence electrons. The van der Waals surface area contributed by atoms with Gasteiger partial charge in [0, 0.05) is 11.1 Å². The molecule has 0 saturated carbocycles. The zero-order valence-electron chi connectivity index (χ0n) is 24.9. The Bertz CT molecular complexity index is 1800. The van der Waals surface area contributed by atoms with E-state index in [1.807, 2.05) is 117 Å². The van der Waals surface area contributed by atoms with Crippen molar-refractivity contribution in [3.63, 3.8) is 0 Å². The summed E-state index contributed by atoms with van der Waals surface area (Å²) in [6, 6.07) is 35.3. The number of aryl methyl sites for hydroxylation is 2. The number of carboxylic acid groups (broad SMARTS) is 1. The first-order valence-corrected chi connectivity index (χ1v) is 14.4. The molecule has 0 aliphatic heterocycles. The molecule has 0 saturated heterocycles. The first-order valence-electron chi connectivity index (χ1n) is 14.4. The van der Waals surface area contributed by atoms with Crippen LogP contribution >= 0.6 is 0 Å². The van der Waals surface area contributed by atoms with E-state index in [1.54, 1.807) is 12.1 Å². The first-order chi connectivity index (χ1) is 21.9. The van der Waals surface area contributed by atoms with Gasteiger partial charge in [0.25, 0.3) is 12.9 Å². The van der Waals surface area contributed by atoms with Gasteiger partial charge in [-0.15, -0.1) is 0 Å². The van der Waals surface area contributed by atoms with Crippen LogP contribution in [0.25, 0.3) is 11.1 Å². The molecule has 45 heavy (non-hydrogen) atoms. The predicted octanol–water partition coefficient (Wildman–Crippen LogP) is 7.77. The van der Waals surface area contributed by atoms with Crippen LogP contribution in [0.1, 0.15) is 61.5 Å². The van der Waals surface area contributed by atoms with Crippen molar-refractivity contribution < 1.29 is 33.7 Å². The van der Waals surface area contributed by atoms with Gasteiger partial charge in [0.05, 0.1) is 5.56 Å². The molecule has 7 nitrogen and oxygen atoms in total. The van der Waals surface area contributed by atoms with Crippen molar-refractivity contribution in [2.75, 3.05) is 0 Å². The van der Waals surface area contributed by atoms with Crippen molar-refractivity contribution in [2.45, 2.75) is 32.7 Å². The predicted molar refractivity (Wildman–Crippen MR) is 170 cm³/mol. The lowest BCUT2D eigenvalue weighted by molar-refractivity contribution is -0.134. The highest BCUT2D eigenvalue weighted by atomic mass is 16.5. The molecule has 5 aromatic rings. The van der Waals surface area contributed by atoms with Gasteiger partial charge in [-0.1, -0.05) is 84.9 Å². The molecular formula is C38H32O7. The average molecular weight is 601 g/mol. The van der Waals surface area contributed by atoms with Crippen molar-refractivity contribution in [3.8, 4) is 16.9 Å². The highest BCUT2D eigenvalue weighted by Crippen LogP contribution is 2.37. The summed E-state index contributed by atoms with van der Waals surface area (Å²) in [6.07, 6.45) is -1.49. The molecule has 0 amide bonds. The lowest BCUT2D eigenvalue weighted by Gasteiger charge is -2.25. The Kier molecular flexibility index (Phi) is 9.70. The van der Waals surface area contributed by atoms with Gasteiger partial charge in [-0.25, -0.2) is 4.79 Å². The van der Waals surface area contributed by atoms with E-state index in [9.17, 15) is 19.5 Å². The maximum Gasteiger partial charge on any atom is 0.335 e. The largest absolute Gasteiger partial charge is 0.489 e. The average Bonchev–Trinajstić information content (AvgIpc) is 3.06. The molecule has 0 bridgehead atoms. The Morgan fingerprint density at radius 3 is 1.87 bits per heavy atom. The van der Waals surface area contributed by atoms with Crippen LogP contribution in [0.3, 0.4) is 0 Å². The van der Waals surface area contributed by atoms with Crippen molar-refractivity contribution in [3.05, 3.63) is 160 Å². The lowest BCUT2D eigenvalue weighted by Crippen LogP contribution is -2.14. The van der Waals surface area contributed by atoms with Crippen molar-refractivity contribution in [1.82, 2.24) is 0 Å². The van der Waals surface area contributed by atoms with Crippen LogP contribution in [0.2, 0.25) is 0 Å². The fraction of sp³-hybridized carbons (Fsp3) is 0.132. The molecule has 0 spiro atoms. The van der Waals surface area contributed by atoms with E-state index in [2.05, 4.69) is 0 Å². The second-order valence-corrected chi connectivity index (χ2v) is 10.6. The molecule has 2 atom stereocenters. The van der Waals surface area contributed by atoms with Gasteiger partial charge in [0.1, 0.15) is 12.4 Å². The summed E-state index contributed by atoms with van der Waals surface area (Å²) in [4.78, 5) is 34.8. The summed E-state index contributed by atoms with van der Waals surface area (Å²) in [5.41, 5.74) is 7.65. The third kappa shape index (κ3) is 7.11. The van der Waals surface area contributed by atoms with E-state index < -0.39 is 18.2 Å².